The van der Waals surface area contributed by atoms with Crippen LogP contribution in [0.15, 0.2) is 29.3 Å². The first-order chi connectivity index (χ1) is 11.1. The number of hydrogen-bond acceptors (Lipinski definition) is 3. The summed E-state index contributed by atoms with van der Waals surface area (Å²) in [6.45, 7) is 6.23. The van der Waals surface area contributed by atoms with Crippen molar-refractivity contribution in [2.75, 3.05) is 19.7 Å². The molecular weight excluding hydrogens is 419 g/mol. The Labute approximate surface area is 160 Å². The molecule has 0 bridgehead atoms. The predicted octanol–water partition coefficient (Wildman–Crippen LogP) is 2.64. The smallest absolute Gasteiger partial charge is 0.409 e. The molecule has 3 N–H and O–H groups in total. The zero-order valence-electron chi connectivity index (χ0n) is 14.3. The predicted molar refractivity (Wildman–Crippen MR) is 107 cm³/mol. The highest BCUT2D eigenvalue weighted by Gasteiger charge is 2.23. The average Bonchev–Trinajstić information content (AvgIpc) is 2.55. The van der Waals surface area contributed by atoms with Crippen molar-refractivity contribution < 1.29 is 9.53 Å². The van der Waals surface area contributed by atoms with Crippen LogP contribution in [0.3, 0.4) is 0 Å². The lowest BCUT2D eigenvalue weighted by molar-refractivity contribution is 0.0963. The molecule has 1 aliphatic heterocycles. The highest BCUT2D eigenvalue weighted by molar-refractivity contribution is 14.0. The van der Waals surface area contributed by atoms with Crippen molar-refractivity contribution in [3.63, 3.8) is 0 Å². The van der Waals surface area contributed by atoms with Gasteiger partial charge in [0.15, 0.2) is 5.96 Å². The summed E-state index contributed by atoms with van der Waals surface area (Å²) in [5, 5.41) is 3.24. The van der Waals surface area contributed by atoms with E-state index in [4.69, 9.17) is 10.5 Å². The Morgan fingerprint density at radius 3 is 2.54 bits per heavy atom. The molecule has 1 aliphatic rings. The van der Waals surface area contributed by atoms with Crippen LogP contribution in [-0.4, -0.2) is 42.7 Å². The first-order valence-corrected chi connectivity index (χ1v) is 8.12. The van der Waals surface area contributed by atoms with Crippen LogP contribution < -0.4 is 11.1 Å². The Morgan fingerprint density at radius 1 is 1.33 bits per heavy atom. The molecule has 0 radical (unpaired) electrons. The summed E-state index contributed by atoms with van der Waals surface area (Å²) in [7, 11) is 0. The van der Waals surface area contributed by atoms with E-state index < -0.39 is 0 Å². The first kappa shape index (κ1) is 20.5. The van der Waals surface area contributed by atoms with Gasteiger partial charge < -0.3 is 20.7 Å². The molecule has 0 atom stereocenters. The second-order valence-corrected chi connectivity index (χ2v) is 5.79. The molecule has 1 fully saturated rings. The van der Waals surface area contributed by atoms with Crippen LogP contribution in [0.1, 0.15) is 30.9 Å². The standard InChI is InChI=1S/C17H26N4O2.HI/c1-3-23-17(22)21-10-8-15(9-11-21)20-16(18)19-12-14-6-4-13(2)5-7-14;/h4-7,15H,3,8-12H2,1-2H3,(H3,18,19,20);1H. The van der Waals surface area contributed by atoms with Gasteiger partial charge in [-0.1, -0.05) is 29.8 Å². The number of likely N-dealkylation sites (tertiary alicyclic amines) is 1. The van der Waals surface area contributed by atoms with Crippen LogP contribution in [0.25, 0.3) is 0 Å². The van der Waals surface area contributed by atoms with E-state index in [9.17, 15) is 4.79 Å². The minimum atomic E-state index is -0.230. The van der Waals surface area contributed by atoms with Crippen LogP contribution in [0.2, 0.25) is 0 Å². The highest BCUT2D eigenvalue weighted by atomic mass is 127. The average molecular weight is 446 g/mol. The minimum absolute atomic E-state index is 0. The number of benzene rings is 1. The van der Waals surface area contributed by atoms with E-state index in [0.717, 1.165) is 18.4 Å². The fourth-order valence-corrected chi connectivity index (χ4v) is 2.55. The molecule has 0 saturated carbocycles. The first-order valence-electron chi connectivity index (χ1n) is 8.12. The number of carbonyl (C=O) groups excluding carboxylic acids is 1. The van der Waals surface area contributed by atoms with E-state index in [1.54, 1.807) is 4.90 Å². The van der Waals surface area contributed by atoms with E-state index in [1.165, 1.54) is 5.56 Å². The number of aryl methyl sites for hydroxylation is 1. The molecule has 1 aromatic carbocycles. The molecule has 2 rings (SSSR count). The zero-order chi connectivity index (χ0) is 16.7. The zero-order valence-corrected chi connectivity index (χ0v) is 16.7. The fraction of sp³-hybridized carbons (Fsp3) is 0.529. The molecular formula is C17H27IN4O2. The summed E-state index contributed by atoms with van der Waals surface area (Å²) in [4.78, 5) is 17.8. The lowest BCUT2D eigenvalue weighted by Crippen LogP contribution is -2.48. The lowest BCUT2D eigenvalue weighted by atomic mass is 10.1. The van der Waals surface area contributed by atoms with Gasteiger partial charge in [0.05, 0.1) is 13.2 Å². The normalized spacial score (nSPS) is 15.6. The summed E-state index contributed by atoms with van der Waals surface area (Å²) in [6.07, 6.45) is 1.46. The van der Waals surface area contributed by atoms with Crippen molar-refractivity contribution in [3.8, 4) is 0 Å². The largest absolute Gasteiger partial charge is 0.450 e. The Morgan fingerprint density at radius 2 is 1.96 bits per heavy atom. The number of ether oxygens (including phenoxy) is 1. The van der Waals surface area contributed by atoms with Gasteiger partial charge in [-0.25, -0.2) is 9.79 Å². The van der Waals surface area contributed by atoms with Gasteiger partial charge in [-0.2, -0.15) is 0 Å². The lowest BCUT2D eigenvalue weighted by Gasteiger charge is -2.31. The van der Waals surface area contributed by atoms with E-state index in [2.05, 4.69) is 41.5 Å². The molecule has 1 amide bonds. The molecule has 134 valence electrons. The number of piperidine rings is 1. The van der Waals surface area contributed by atoms with Crippen LogP contribution in [-0.2, 0) is 11.3 Å². The number of nitrogens with zero attached hydrogens (tertiary/aromatic N) is 2. The van der Waals surface area contributed by atoms with Gasteiger partial charge >= 0.3 is 6.09 Å². The number of carbonyl (C=O) groups is 1. The van der Waals surface area contributed by atoms with Crippen molar-refractivity contribution in [1.82, 2.24) is 10.2 Å². The van der Waals surface area contributed by atoms with Crippen molar-refractivity contribution >= 4 is 36.0 Å². The van der Waals surface area contributed by atoms with Crippen molar-refractivity contribution in [2.45, 2.75) is 39.3 Å². The SMILES string of the molecule is CCOC(=O)N1CCC(NC(N)=NCc2ccc(C)cc2)CC1.I. The van der Waals surface area contributed by atoms with E-state index in [1.807, 2.05) is 6.92 Å². The van der Waals surface area contributed by atoms with E-state index in [0.29, 0.717) is 32.2 Å². The molecule has 0 unspecified atom stereocenters. The molecule has 0 aromatic heterocycles. The summed E-state index contributed by atoms with van der Waals surface area (Å²) in [6, 6.07) is 8.51. The van der Waals surface area contributed by atoms with Crippen molar-refractivity contribution in [3.05, 3.63) is 35.4 Å². The third-order valence-electron chi connectivity index (χ3n) is 3.93. The number of nitrogens with one attached hydrogen (secondary N) is 1. The molecule has 24 heavy (non-hydrogen) atoms. The van der Waals surface area contributed by atoms with Crippen LogP contribution in [0, 0.1) is 6.92 Å². The number of hydrogen-bond donors (Lipinski definition) is 2. The van der Waals surface area contributed by atoms with Gasteiger partial charge in [-0.3, -0.25) is 0 Å². The van der Waals surface area contributed by atoms with Crippen molar-refractivity contribution in [2.24, 2.45) is 10.7 Å². The monoisotopic (exact) mass is 446 g/mol. The minimum Gasteiger partial charge on any atom is -0.450 e. The molecule has 7 heteroatoms. The summed E-state index contributed by atoms with van der Waals surface area (Å²) >= 11 is 0. The van der Waals surface area contributed by atoms with Crippen LogP contribution in [0.4, 0.5) is 4.79 Å². The molecule has 1 heterocycles. The number of guanidine groups is 1. The maximum atomic E-state index is 11.6. The van der Waals surface area contributed by atoms with Crippen LogP contribution >= 0.6 is 24.0 Å². The molecule has 6 nitrogen and oxygen atoms in total. The van der Waals surface area contributed by atoms with Gasteiger partial charge in [0.1, 0.15) is 0 Å². The summed E-state index contributed by atoms with van der Waals surface area (Å²) in [5.41, 5.74) is 8.33. The number of rotatable bonds is 4. The second kappa shape index (κ2) is 10.4. The Bertz CT molecular complexity index is 540. The Balaban J connectivity index is 0.00000288. The number of aliphatic imine (C=N–C) groups is 1. The third kappa shape index (κ3) is 6.54. The maximum absolute atomic E-state index is 11.6. The van der Waals surface area contributed by atoms with E-state index >= 15 is 0 Å². The fourth-order valence-electron chi connectivity index (χ4n) is 2.55. The van der Waals surface area contributed by atoms with Crippen LogP contribution in [0.5, 0.6) is 0 Å². The van der Waals surface area contributed by atoms with Crippen molar-refractivity contribution in [1.29, 1.82) is 0 Å². The number of halogens is 1. The van der Waals surface area contributed by atoms with Gasteiger partial charge in [0.2, 0.25) is 0 Å². The molecule has 0 aliphatic carbocycles. The Hall–Kier alpha value is -1.51. The summed E-state index contributed by atoms with van der Waals surface area (Å²) < 4.78 is 5.01. The molecule has 0 spiro atoms. The quantitative estimate of drug-likeness (QED) is 0.424. The third-order valence-corrected chi connectivity index (χ3v) is 3.93. The number of nitrogens with two attached hydrogens (primary N) is 1. The molecule has 1 saturated heterocycles. The second-order valence-electron chi connectivity index (χ2n) is 5.79. The van der Waals surface area contributed by atoms with Gasteiger partial charge in [0.25, 0.3) is 0 Å². The molecule has 1 aromatic rings. The maximum Gasteiger partial charge on any atom is 0.409 e. The van der Waals surface area contributed by atoms with Gasteiger partial charge in [-0.15, -0.1) is 24.0 Å². The Kier molecular flexibility index (Phi) is 8.88. The van der Waals surface area contributed by atoms with Gasteiger partial charge in [0, 0.05) is 19.1 Å². The highest BCUT2D eigenvalue weighted by Crippen LogP contribution is 2.11. The topological polar surface area (TPSA) is 80.0 Å². The van der Waals surface area contributed by atoms with E-state index in [-0.39, 0.29) is 36.1 Å². The van der Waals surface area contributed by atoms with Gasteiger partial charge in [-0.05, 0) is 32.3 Å². The number of amides is 1. The summed E-state index contributed by atoms with van der Waals surface area (Å²) in [5.74, 6) is 0.458.